The van der Waals surface area contributed by atoms with Gasteiger partial charge in [0, 0.05) is 17.8 Å². The van der Waals surface area contributed by atoms with E-state index >= 15 is 0 Å². The maximum Gasteiger partial charge on any atom is 0.0897 e. The van der Waals surface area contributed by atoms with Gasteiger partial charge >= 0.3 is 0 Å². The van der Waals surface area contributed by atoms with E-state index in [1.165, 1.54) is 49.2 Å². The summed E-state index contributed by atoms with van der Waals surface area (Å²) in [6, 6.07) is 0.609. The molecular weight excluding hydrogens is 240 g/mol. The molecule has 0 amide bonds. The second kappa shape index (κ2) is 9.51. The standard InChI is InChI=1S/C15H28N2S/c1-4-6-7-8-9-10-14(16-5-2)11-15-12-18-13(3)17-15/h12,14,16H,4-11H2,1-3H3. The minimum atomic E-state index is 0.609. The normalized spacial score (nSPS) is 12.8. The summed E-state index contributed by atoms with van der Waals surface area (Å²) < 4.78 is 0. The number of nitrogens with zero attached hydrogens (tertiary/aromatic N) is 1. The second-order valence-electron chi connectivity index (χ2n) is 5.02. The van der Waals surface area contributed by atoms with E-state index in [9.17, 15) is 0 Å². The zero-order valence-electron chi connectivity index (χ0n) is 12.2. The van der Waals surface area contributed by atoms with E-state index in [-0.39, 0.29) is 0 Å². The van der Waals surface area contributed by atoms with Crippen LogP contribution in [0.3, 0.4) is 0 Å². The van der Waals surface area contributed by atoms with Gasteiger partial charge in [0.15, 0.2) is 0 Å². The Hall–Kier alpha value is -0.410. The summed E-state index contributed by atoms with van der Waals surface area (Å²) in [5.41, 5.74) is 1.26. The van der Waals surface area contributed by atoms with E-state index in [4.69, 9.17) is 0 Å². The average molecular weight is 268 g/mol. The summed E-state index contributed by atoms with van der Waals surface area (Å²) in [4.78, 5) is 4.57. The predicted molar refractivity (Wildman–Crippen MR) is 81.4 cm³/mol. The molecule has 0 aliphatic carbocycles. The van der Waals surface area contributed by atoms with Crippen LogP contribution in [0.15, 0.2) is 5.38 Å². The van der Waals surface area contributed by atoms with Crippen molar-refractivity contribution >= 4 is 11.3 Å². The molecule has 0 saturated carbocycles. The molecule has 1 aromatic heterocycles. The molecule has 0 saturated heterocycles. The molecule has 0 aromatic carbocycles. The molecular formula is C15H28N2S. The van der Waals surface area contributed by atoms with Gasteiger partial charge in [0.05, 0.1) is 10.7 Å². The molecule has 0 bridgehead atoms. The zero-order chi connectivity index (χ0) is 13.2. The minimum absolute atomic E-state index is 0.609. The maximum atomic E-state index is 4.57. The largest absolute Gasteiger partial charge is 0.314 e. The van der Waals surface area contributed by atoms with E-state index in [0.717, 1.165) is 13.0 Å². The van der Waals surface area contributed by atoms with Crippen molar-refractivity contribution in [3.8, 4) is 0 Å². The lowest BCUT2D eigenvalue weighted by atomic mass is 10.0. The van der Waals surface area contributed by atoms with Crippen LogP contribution in [-0.4, -0.2) is 17.6 Å². The van der Waals surface area contributed by atoms with Gasteiger partial charge in [-0.05, 0) is 19.9 Å². The summed E-state index contributed by atoms with van der Waals surface area (Å²) in [5.74, 6) is 0. The van der Waals surface area contributed by atoms with Crippen molar-refractivity contribution in [3.63, 3.8) is 0 Å². The molecule has 0 aliphatic heterocycles. The highest BCUT2D eigenvalue weighted by atomic mass is 32.1. The highest BCUT2D eigenvalue weighted by molar-refractivity contribution is 7.09. The number of rotatable bonds is 10. The average Bonchev–Trinajstić information content (AvgIpc) is 2.75. The van der Waals surface area contributed by atoms with E-state index in [0.29, 0.717) is 6.04 Å². The summed E-state index contributed by atoms with van der Waals surface area (Å²) in [6.07, 6.45) is 9.21. The first-order valence-electron chi connectivity index (χ1n) is 7.40. The lowest BCUT2D eigenvalue weighted by Crippen LogP contribution is -2.31. The highest BCUT2D eigenvalue weighted by Gasteiger charge is 2.10. The van der Waals surface area contributed by atoms with Crippen molar-refractivity contribution in [2.75, 3.05) is 6.54 Å². The highest BCUT2D eigenvalue weighted by Crippen LogP contribution is 2.14. The van der Waals surface area contributed by atoms with Gasteiger partial charge in [0.25, 0.3) is 0 Å². The van der Waals surface area contributed by atoms with Gasteiger partial charge in [-0.3, -0.25) is 0 Å². The van der Waals surface area contributed by atoms with E-state index in [2.05, 4.69) is 36.5 Å². The molecule has 3 heteroatoms. The van der Waals surface area contributed by atoms with Crippen LogP contribution in [0, 0.1) is 6.92 Å². The van der Waals surface area contributed by atoms with Gasteiger partial charge in [0.1, 0.15) is 0 Å². The van der Waals surface area contributed by atoms with Crippen LogP contribution in [0.5, 0.6) is 0 Å². The van der Waals surface area contributed by atoms with Gasteiger partial charge < -0.3 is 5.32 Å². The molecule has 1 aromatic rings. The number of nitrogens with one attached hydrogen (secondary N) is 1. The molecule has 0 radical (unpaired) electrons. The second-order valence-corrected chi connectivity index (χ2v) is 6.08. The summed E-state index contributed by atoms with van der Waals surface area (Å²) in [6.45, 7) is 7.60. The van der Waals surface area contributed by atoms with Gasteiger partial charge in [-0.15, -0.1) is 11.3 Å². The summed E-state index contributed by atoms with van der Waals surface area (Å²) >= 11 is 1.76. The third kappa shape index (κ3) is 6.50. The lowest BCUT2D eigenvalue weighted by molar-refractivity contribution is 0.458. The Balaban J connectivity index is 2.26. The Bertz CT molecular complexity index is 309. The van der Waals surface area contributed by atoms with Crippen molar-refractivity contribution in [2.24, 2.45) is 0 Å². The molecule has 18 heavy (non-hydrogen) atoms. The first kappa shape index (κ1) is 15.6. The van der Waals surface area contributed by atoms with Crippen molar-refractivity contribution in [1.29, 1.82) is 0 Å². The monoisotopic (exact) mass is 268 g/mol. The van der Waals surface area contributed by atoms with Gasteiger partial charge in [-0.25, -0.2) is 4.98 Å². The van der Waals surface area contributed by atoms with Crippen molar-refractivity contribution in [1.82, 2.24) is 10.3 Å². The predicted octanol–water partition coefficient (Wildman–Crippen LogP) is 4.33. The number of aromatic nitrogens is 1. The first-order valence-corrected chi connectivity index (χ1v) is 8.28. The van der Waals surface area contributed by atoms with E-state index < -0.39 is 0 Å². The molecule has 1 unspecified atom stereocenters. The Morgan fingerprint density at radius 1 is 1.22 bits per heavy atom. The number of thiazole rings is 1. The zero-order valence-corrected chi connectivity index (χ0v) is 13.0. The molecule has 0 spiro atoms. The van der Waals surface area contributed by atoms with E-state index in [1.807, 2.05) is 0 Å². The molecule has 104 valence electrons. The molecule has 1 N–H and O–H groups in total. The van der Waals surface area contributed by atoms with Crippen LogP contribution in [0.1, 0.15) is 63.1 Å². The summed E-state index contributed by atoms with van der Waals surface area (Å²) in [5, 5.41) is 6.98. The number of hydrogen-bond acceptors (Lipinski definition) is 3. The van der Waals surface area contributed by atoms with Crippen LogP contribution in [-0.2, 0) is 6.42 Å². The smallest absolute Gasteiger partial charge is 0.0897 e. The third-order valence-electron chi connectivity index (χ3n) is 3.27. The lowest BCUT2D eigenvalue weighted by Gasteiger charge is -2.16. The van der Waals surface area contributed by atoms with Crippen molar-refractivity contribution in [3.05, 3.63) is 16.1 Å². The molecule has 1 rings (SSSR count). The molecule has 1 atom stereocenters. The van der Waals surface area contributed by atoms with Gasteiger partial charge in [-0.2, -0.15) is 0 Å². The molecule has 1 heterocycles. The Kier molecular flexibility index (Phi) is 8.27. The van der Waals surface area contributed by atoms with Crippen molar-refractivity contribution < 1.29 is 0 Å². The fourth-order valence-corrected chi connectivity index (χ4v) is 2.94. The van der Waals surface area contributed by atoms with Crippen LogP contribution < -0.4 is 5.32 Å². The van der Waals surface area contributed by atoms with Crippen LogP contribution in [0.25, 0.3) is 0 Å². The van der Waals surface area contributed by atoms with Crippen molar-refractivity contribution in [2.45, 2.75) is 71.8 Å². The minimum Gasteiger partial charge on any atom is -0.314 e. The quantitative estimate of drug-likeness (QED) is 0.639. The number of hydrogen-bond donors (Lipinski definition) is 1. The maximum absolute atomic E-state index is 4.57. The van der Waals surface area contributed by atoms with Crippen LogP contribution in [0.2, 0.25) is 0 Å². The Morgan fingerprint density at radius 3 is 2.61 bits per heavy atom. The fraction of sp³-hybridized carbons (Fsp3) is 0.800. The number of aryl methyl sites for hydroxylation is 1. The SMILES string of the molecule is CCCCCCCC(Cc1csc(C)n1)NCC. The summed E-state index contributed by atoms with van der Waals surface area (Å²) in [7, 11) is 0. The first-order chi connectivity index (χ1) is 8.76. The molecule has 0 aliphatic rings. The number of likely N-dealkylation sites (N-methyl/N-ethyl adjacent to an activating group) is 1. The van der Waals surface area contributed by atoms with Gasteiger partial charge in [-0.1, -0.05) is 46.0 Å². The topological polar surface area (TPSA) is 24.9 Å². The van der Waals surface area contributed by atoms with Crippen LogP contribution >= 0.6 is 11.3 Å². The Labute approximate surface area is 116 Å². The fourth-order valence-electron chi connectivity index (χ4n) is 2.31. The molecule has 2 nitrogen and oxygen atoms in total. The molecule has 0 fully saturated rings. The van der Waals surface area contributed by atoms with E-state index in [1.54, 1.807) is 11.3 Å². The third-order valence-corrected chi connectivity index (χ3v) is 4.09. The number of unbranched alkanes of at least 4 members (excludes halogenated alkanes) is 4. The van der Waals surface area contributed by atoms with Crippen LogP contribution in [0.4, 0.5) is 0 Å². The van der Waals surface area contributed by atoms with Gasteiger partial charge in [0.2, 0.25) is 0 Å². The Morgan fingerprint density at radius 2 is 2.00 bits per heavy atom.